The second-order valence-electron chi connectivity index (χ2n) is 6.70. The smallest absolute Gasteiger partial charge is 0.264 e. The van der Waals surface area contributed by atoms with E-state index in [1.165, 1.54) is 12.1 Å². The predicted molar refractivity (Wildman–Crippen MR) is 90.4 cm³/mol. The molecule has 9 heteroatoms. The topological polar surface area (TPSA) is 114 Å². The summed E-state index contributed by atoms with van der Waals surface area (Å²) >= 11 is 0. The third kappa shape index (κ3) is 3.11. The summed E-state index contributed by atoms with van der Waals surface area (Å²) in [7, 11) is -2.27. The van der Waals surface area contributed by atoms with Crippen molar-refractivity contribution in [2.45, 2.75) is 31.6 Å². The fourth-order valence-electron chi connectivity index (χ4n) is 3.10. The van der Waals surface area contributed by atoms with E-state index >= 15 is 0 Å². The molecule has 1 amide bonds. The number of hydrogen-bond acceptors (Lipinski definition) is 7. The number of carbonyl (C=O) groups is 1. The summed E-state index contributed by atoms with van der Waals surface area (Å²) in [5.74, 6) is -0.576. The quantitative estimate of drug-likeness (QED) is 0.829. The van der Waals surface area contributed by atoms with E-state index in [4.69, 9.17) is 4.52 Å². The first-order chi connectivity index (χ1) is 11.7. The van der Waals surface area contributed by atoms with E-state index in [1.807, 2.05) is 13.8 Å². The molecule has 0 aliphatic heterocycles. The highest BCUT2D eigenvalue weighted by Crippen LogP contribution is 2.64. The van der Waals surface area contributed by atoms with Crippen LogP contribution in [0.5, 0.6) is 0 Å². The van der Waals surface area contributed by atoms with Gasteiger partial charge >= 0.3 is 0 Å². The fourth-order valence-corrected chi connectivity index (χ4v) is 4.15. The minimum Gasteiger partial charge on any atom is -0.388 e. The van der Waals surface area contributed by atoms with Crippen molar-refractivity contribution in [2.75, 3.05) is 12.4 Å². The first-order valence-corrected chi connectivity index (χ1v) is 9.30. The predicted octanol–water partition coefficient (Wildman–Crippen LogP) is 1.66. The molecule has 0 spiro atoms. The molecule has 1 heterocycles. The van der Waals surface area contributed by atoms with E-state index in [-0.39, 0.29) is 10.8 Å². The molecule has 2 N–H and O–H groups in total. The highest BCUT2D eigenvalue weighted by Gasteiger charge is 2.65. The van der Waals surface area contributed by atoms with Crippen LogP contribution >= 0.6 is 0 Å². The van der Waals surface area contributed by atoms with Crippen molar-refractivity contribution >= 4 is 21.6 Å². The van der Waals surface area contributed by atoms with Gasteiger partial charge in [-0.2, -0.15) is 4.98 Å². The number of rotatable bonds is 5. The summed E-state index contributed by atoms with van der Waals surface area (Å²) in [4.78, 5) is 16.7. The van der Waals surface area contributed by atoms with Gasteiger partial charge < -0.3 is 9.84 Å². The van der Waals surface area contributed by atoms with Gasteiger partial charge in [-0.3, -0.25) is 4.79 Å². The van der Waals surface area contributed by atoms with E-state index < -0.39 is 27.3 Å². The molecule has 1 fully saturated rings. The Kier molecular flexibility index (Phi) is 4.06. The molecule has 0 radical (unpaired) electrons. The standard InChI is InChI=1S/C16H20N4O4S/c1-9-18-15(24-19-9)13-12(16(13,2)3)14(21)20-25(22,23)11-7-5-6-10(8-11)17-4/h5-8,12-13,17H,1-4H3,(H,20,21)/t12-,13+/m0/s1. The van der Waals surface area contributed by atoms with Crippen molar-refractivity contribution in [2.24, 2.45) is 11.3 Å². The Morgan fingerprint density at radius 2 is 2.04 bits per heavy atom. The molecule has 1 aromatic heterocycles. The molecule has 25 heavy (non-hydrogen) atoms. The van der Waals surface area contributed by atoms with Gasteiger partial charge in [0.15, 0.2) is 5.82 Å². The van der Waals surface area contributed by atoms with E-state index in [0.29, 0.717) is 17.4 Å². The molecule has 1 aliphatic rings. The molecule has 1 aromatic carbocycles. The normalized spacial score (nSPS) is 21.6. The van der Waals surface area contributed by atoms with Crippen LogP contribution in [0, 0.1) is 18.3 Å². The molecule has 2 atom stereocenters. The monoisotopic (exact) mass is 364 g/mol. The number of nitrogens with zero attached hydrogens (tertiary/aromatic N) is 2. The summed E-state index contributed by atoms with van der Waals surface area (Å²) in [6.45, 7) is 5.43. The van der Waals surface area contributed by atoms with Crippen LogP contribution < -0.4 is 10.0 Å². The zero-order valence-corrected chi connectivity index (χ0v) is 15.2. The van der Waals surface area contributed by atoms with Gasteiger partial charge in [-0.25, -0.2) is 13.1 Å². The minimum atomic E-state index is -3.95. The average molecular weight is 364 g/mol. The third-order valence-corrected chi connectivity index (χ3v) is 5.93. The first kappa shape index (κ1) is 17.4. The Hall–Kier alpha value is -2.42. The van der Waals surface area contributed by atoms with Crippen LogP contribution in [0.4, 0.5) is 5.69 Å². The van der Waals surface area contributed by atoms with Crippen molar-refractivity contribution in [3.8, 4) is 0 Å². The second-order valence-corrected chi connectivity index (χ2v) is 8.39. The first-order valence-electron chi connectivity index (χ1n) is 7.81. The number of aromatic nitrogens is 2. The maximum Gasteiger partial charge on any atom is 0.264 e. The third-order valence-electron chi connectivity index (χ3n) is 4.59. The van der Waals surface area contributed by atoms with E-state index in [0.717, 1.165) is 0 Å². The zero-order chi connectivity index (χ0) is 18.4. The average Bonchev–Trinajstić information content (AvgIpc) is 2.88. The van der Waals surface area contributed by atoms with Gasteiger partial charge in [0.1, 0.15) is 0 Å². The molecular weight excluding hydrogens is 344 g/mol. The number of aryl methyl sites for hydroxylation is 1. The van der Waals surface area contributed by atoms with E-state index in [1.54, 1.807) is 26.1 Å². The molecule has 0 unspecified atom stereocenters. The van der Waals surface area contributed by atoms with Gasteiger partial charge in [0.2, 0.25) is 11.8 Å². The van der Waals surface area contributed by atoms with Crippen molar-refractivity contribution in [1.29, 1.82) is 0 Å². The molecule has 134 valence electrons. The number of nitrogens with one attached hydrogen (secondary N) is 2. The lowest BCUT2D eigenvalue weighted by molar-refractivity contribution is -0.121. The van der Waals surface area contributed by atoms with Gasteiger partial charge in [-0.15, -0.1) is 0 Å². The summed E-state index contributed by atoms with van der Waals surface area (Å²) in [6, 6.07) is 6.24. The van der Waals surface area contributed by atoms with Gasteiger partial charge in [0, 0.05) is 12.7 Å². The van der Waals surface area contributed by atoms with Crippen LogP contribution in [-0.2, 0) is 14.8 Å². The zero-order valence-electron chi connectivity index (χ0n) is 14.4. The highest BCUT2D eigenvalue weighted by atomic mass is 32.2. The number of amides is 1. The van der Waals surface area contributed by atoms with Crippen LogP contribution in [0.2, 0.25) is 0 Å². The number of benzene rings is 1. The molecule has 8 nitrogen and oxygen atoms in total. The Labute approximate surface area is 146 Å². The largest absolute Gasteiger partial charge is 0.388 e. The maximum atomic E-state index is 12.6. The van der Waals surface area contributed by atoms with Crippen LogP contribution in [-0.4, -0.2) is 31.5 Å². The van der Waals surface area contributed by atoms with Gasteiger partial charge in [0.25, 0.3) is 10.0 Å². The molecular formula is C16H20N4O4S. The summed E-state index contributed by atoms with van der Waals surface area (Å²) in [5, 5.41) is 6.60. The summed E-state index contributed by atoms with van der Waals surface area (Å²) in [6.07, 6.45) is 0. The Bertz CT molecular complexity index is 920. The molecule has 1 saturated carbocycles. The van der Waals surface area contributed by atoms with Crippen LogP contribution in [0.3, 0.4) is 0 Å². The number of anilines is 1. The second kappa shape index (κ2) is 5.83. The van der Waals surface area contributed by atoms with Crippen LogP contribution in [0.1, 0.15) is 31.5 Å². The highest BCUT2D eigenvalue weighted by molar-refractivity contribution is 7.90. The molecule has 3 rings (SSSR count). The lowest BCUT2D eigenvalue weighted by Crippen LogP contribution is -2.33. The maximum absolute atomic E-state index is 12.6. The Balaban J connectivity index is 1.80. The minimum absolute atomic E-state index is 0.0244. The van der Waals surface area contributed by atoms with Gasteiger partial charge in [0.05, 0.1) is 16.7 Å². The summed E-state index contributed by atoms with van der Waals surface area (Å²) in [5.41, 5.74) is 0.187. The lowest BCUT2D eigenvalue weighted by atomic mass is 10.1. The molecule has 2 aromatic rings. The van der Waals surface area contributed by atoms with E-state index in [2.05, 4.69) is 20.2 Å². The SMILES string of the molecule is CNc1cccc(S(=O)(=O)NC(=O)[C@@H]2[C@H](c3nc(C)no3)C2(C)C)c1. The summed E-state index contributed by atoms with van der Waals surface area (Å²) < 4.78 is 32.3. The van der Waals surface area contributed by atoms with Crippen molar-refractivity contribution in [3.05, 3.63) is 36.0 Å². The van der Waals surface area contributed by atoms with Crippen molar-refractivity contribution in [3.63, 3.8) is 0 Å². The number of hydrogen-bond donors (Lipinski definition) is 2. The fraction of sp³-hybridized carbons (Fsp3) is 0.438. The van der Waals surface area contributed by atoms with Gasteiger partial charge in [-0.1, -0.05) is 25.1 Å². The molecule has 0 saturated heterocycles. The van der Waals surface area contributed by atoms with E-state index in [9.17, 15) is 13.2 Å². The van der Waals surface area contributed by atoms with Crippen molar-refractivity contribution < 1.29 is 17.7 Å². The lowest BCUT2D eigenvalue weighted by Gasteiger charge is -2.09. The van der Waals surface area contributed by atoms with Crippen LogP contribution in [0.15, 0.2) is 33.7 Å². The molecule has 0 bridgehead atoms. The molecule has 1 aliphatic carbocycles. The Morgan fingerprint density at radius 3 is 2.64 bits per heavy atom. The number of carbonyl (C=O) groups excluding carboxylic acids is 1. The van der Waals surface area contributed by atoms with Crippen molar-refractivity contribution in [1.82, 2.24) is 14.9 Å². The number of sulfonamides is 1. The Morgan fingerprint density at radius 1 is 1.32 bits per heavy atom. The van der Waals surface area contributed by atoms with Gasteiger partial charge in [-0.05, 0) is 30.5 Å². The van der Waals surface area contributed by atoms with Crippen LogP contribution in [0.25, 0.3) is 0 Å².